The summed E-state index contributed by atoms with van der Waals surface area (Å²) in [4.78, 5) is 0. The third kappa shape index (κ3) is 17.0. The summed E-state index contributed by atoms with van der Waals surface area (Å²) in [6.45, 7) is 3.13. The quantitative estimate of drug-likeness (QED) is 0.476. The molecule has 0 bridgehead atoms. The Kier molecular flexibility index (Phi) is 20.8. The smallest absolute Gasteiger partial charge is 0 e. The van der Waals surface area contributed by atoms with Crippen molar-refractivity contribution in [1.29, 1.82) is 0 Å². The molecule has 0 atom stereocenters. The molecule has 0 fully saturated rings. The van der Waals surface area contributed by atoms with Gasteiger partial charge >= 0.3 is 0 Å². The molecule has 0 heterocycles. The fraction of sp³-hybridized carbons (Fsp3) is 0. The van der Waals surface area contributed by atoms with Gasteiger partial charge in [-0.2, -0.15) is 0 Å². The van der Waals surface area contributed by atoms with Crippen LogP contribution in [-0.4, -0.2) is 0 Å². The van der Waals surface area contributed by atoms with E-state index in [9.17, 15) is 0 Å². The van der Waals surface area contributed by atoms with Gasteiger partial charge in [0.2, 0.25) is 0 Å². The van der Waals surface area contributed by atoms with E-state index in [4.69, 9.17) is 11.6 Å². The van der Waals surface area contributed by atoms with E-state index >= 15 is 0 Å². The van der Waals surface area contributed by atoms with Crippen molar-refractivity contribution in [2.24, 2.45) is 0 Å². The topological polar surface area (TPSA) is 0 Å². The third-order valence-electron chi connectivity index (χ3n) is 0. The van der Waals surface area contributed by atoms with Gasteiger partial charge in [0, 0.05) is 19.5 Å². The first-order valence-corrected chi connectivity index (χ1v) is 1.06. The number of hydrogen-bond acceptors (Lipinski definition) is 0. The Morgan fingerprint density at radius 1 is 1.75 bits per heavy atom. The van der Waals surface area contributed by atoms with E-state index < -0.39 is 0 Å². The molecular formula is C2H3ClRh. The molecule has 0 aliphatic rings. The average Bonchev–Trinajstić information content (AvgIpc) is 0.918. The van der Waals surface area contributed by atoms with Crippen LogP contribution in [0.3, 0.4) is 0 Å². The van der Waals surface area contributed by atoms with Crippen molar-refractivity contribution in [2.45, 2.75) is 0 Å². The van der Waals surface area contributed by atoms with Crippen molar-refractivity contribution >= 4 is 11.6 Å². The molecule has 0 rings (SSSR count). The molecule has 0 saturated carbocycles. The molecule has 0 aliphatic heterocycles. The number of rotatable bonds is 0. The van der Waals surface area contributed by atoms with Gasteiger partial charge in [-0.05, 0) is 5.54 Å². The van der Waals surface area contributed by atoms with Gasteiger partial charge < -0.3 is 0 Å². The Morgan fingerprint density at radius 2 is 1.75 bits per heavy atom. The van der Waals surface area contributed by atoms with Crippen LogP contribution < -0.4 is 0 Å². The molecule has 0 aromatic rings. The summed E-state index contributed by atoms with van der Waals surface area (Å²) in [7, 11) is 0. The molecule has 4 heavy (non-hydrogen) atoms. The Labute approximate surface area is 43.6 Å². The summed E-state index contributed by atoms with van der Waals surface area (Å²) in [5.41, 5.74) is 1.22. The summed E-state index contributed by atoms with van der Waals surface area (Å²) in [6, 6.07) is 0. The molecule has 0 N–H and O–H groups in total. The maximum atomic E-state index is 4.76. The van der Waals surface area contributed by atoms with Crippen molar-refractivity contribution in [2.75, 3.05) is 0 Å². The minimum atomic E-state index is 0. The summed E-state index contributed by atoms with van der Waals surface area (Å²) in [6.07, 6.45) is 0. The van der Waals surface area contributed by atoms with Crippen LogP contribution in [-0.2, 0) is 19.5 Å². The van der Waals surface area contributed by atoms with Gasteiger partial charge in [0.25, 0.3) is 0 Å². The zero-order valence-corrected chi connectivity index (χ0v) is 4.39. The molecule has 27 valence electrons. The van der Waals surface area contributed by atoms with Gasteiger partial charge in [0.15, 0.2) is 0 Å². The average molecular weight is 165 g/mol. The molecular weight excluding hydrogens is 162 g/mol. The predicted molar refractivity (Wildman–Crippen MR) is 16.1 cm³/mol. The molecule has 2 heteroatoms. The van der Waals surface area contributed by atoms with Crippen LogP contribution in [0, 0.1) is 0 Å². The van der Waals surface area contributed by atoms with Crippen molar-refractivity contribution < 1.29 is 19.5 Å². The largest absolute Gasteiger partial charge is 0.0936 e. The van der Waals surface area contributed by atoms with Crippen LogP contribution in [0.15, 0.2) is 12.1 Å². The van der Waals surface area contributed by atoms with Crippen LogP contribution in [0.4, 0.5) is 0 Å². The molecule has 0 spiro atoms. The second-order valence-corrected chi connectivity index (χ2v) is 0.463. The van der Waals surface area contributed by atoms with Crippen LogP contribution >= 0.6 is 11.6 Å². The zero-order valence-electron chi connectivity index (χ0n) is 2.00. The first-order chi connectivity index (χ1) is 1.41. The van der Waals surface area contributed by atoms with Crippen molar-refractivity contribution in [3.63, 3.8) is 0 Å². The second-order valence-electron chi connectivity index (χ2n) is 0.154. The van der Waals surface area contributed by atoms with E-state index in [2.05, 4.69) is 6.58 Å². The van der Waals surface area contributed by atoms with Gasteiger partial charge in [-0.25, -0.2) is 0 Å². The fourth-order valence-electron chi connectivity index (χ4n) is 0. The van der Waals surface area contributed by atoms with Crippen LogP contribution in [0.2, 0.25) is 0 Å². The Morgan fingerprint density at radius 3 is 1.75 bits per heavy atom. The van der Waals surface area contributed by atoms with Gasteiger partial charge in [-0.3, -0.25) is 0 Å². The van der Waals surface area contributed by atoms with E-state index in [1.54, 1.807) is 0 Å². The van der Waals surface area contributed by atoms with Crippen molar-refractivity contribution in [3.05, 3.63) is 12.1 Å². The molecule has 0 aromatic heterocycles. The predicted octanol–water partition coefficient (Wildman–Crippen LogP) is 1.37. The van der Waals surface area contributed by atoms with E-state index in [0.29, 0.717) is 0 Å². The molecule has 0 saturated heterocycles. The molecule has 0 aromatic carbocycles. The maximum absolute atomic E-state index is 4.76. The molecule has 0 nitrogen and oxygen atoms in total. The standard InChI is InChI=1S/C2H3Cl.Rh/c1-2-3;/h2H,1H2;. The van der Waals surface area contributed by atoms with Gasteiger partial charge in [-0.15, -0.1) is 0 Å². The van der Waals surface area contributed by atoms with Crippen molar-refractivity contribution in [3.8, 4) is 0 Å². The summed E-state index contributed by atoms with van der Waals surface area (Å²) in [5.74, 6) is 0. The third-order valence-corrected chi connectivity index (χ3v) is 0. The second kappa shape index (κ2) is 9.41. The number of halogens is 1. The Balaban J connectivity index is 0. The van der Waals surface area contributed by atoms with Crippen LogP contribution in [0.5, 0.6) is 0 Å². The van der Waals surface area contributed by atoms with Crippen LogP contribution in [0.1, 0.15) is 0 Å². The summed E-state index contributed by atoms with van der Waals surface area (Å²) < 4.78 is 0. The Bertz CT molecular complexity index is 13.5. The van der Waals surface area contributed by atoms with Gasteiger partial charge in [0.1, 0.15) is 0 Å². The summed E-state index contributed by atoms with van der Waals surface area (Å²) in [5, 5.41) is 0. The van der Waals surface area contributed by atoms with Gasteiger partial charge in [0.05, 0.1) is 0 Å². The molecule has 0 aliphatic carbocycles. The molecule has 1 radical (unpaired) electrons. The van der Waals surface area contributed by atoms with Crippen LogP contribution in [0.25, 0.3) is 0 Å². The van der Waals surface area contributed by atoms with E-state index in [1.807, 2.05) is 0 Å². The number of hydrogen-bond donors (Lipinski definition) is 0. The van der Waals surface area contributed by atoms with Gasteiger partial charge in [-0.1, -0.05) is 18.2 Å². The monoisotopic (exact) mass is 165 g/mol. The van der Waals surface area contributed by atoms with E-state index in [0.717, 1.165) is 0 Å². The Hall–Kier alpha value is 0.653. The first-order valence-electron chi connectivity index (χ1n) is 0.626. The SMILES string of the molecule is C=CCl.[Rh]. The molecule has 0 unspecified atom stereocenters. The fourth-order valence-corrected chi connectivity index (χ4v) is 0. The summed E-state index contributed by atoms with van der Waals surface area (Å²) >= 11 is 4.76. The van der Waals surface area contributed by atoms with E-state index in [-0.39, 0.29) is 19.5 Å². The maximum Gasteiger partial charge on any atom is 0 e. The molecule has 0 amide bonds. The minimum absolute atomic E-state index is 0. The van der Waals surface area contributed by atoms with E-state index in [1.165, 1.54) is 5.54 Å². The first kappa shape index (κ1) is 8.82. The van der Waals surface area contributed by atoms with Crippen molar-refractivity contribution in [1.82, 2.24) is 0 Å². The minimum Gasteiger partial charge on any atom is -0.0936 e. The zero-order chi connectivity index (χ0) is 2.71. The normalized spacial score (nSPS) is 3.25.